The molecule has 0 spiro atoms. The number of methoxy groups -OCH3 is 1. The van der Waals surface area contributed by atoms with E-state index in [1.165, 1.54) is 0 Å². The van der Waals surface area contributed by atoms with E-state index in [9.17, 15) is 5.11 Å². The molecular weight excluding hydrogens is 665 g/mol. The second kappa shape index (κ2) is 12.6. The van der Waals surface area contributed by atoms with Crippen LogP contribution in [0, 0.1) is 5.41 Å². The van der Waals surface area contributed by atoms with Crippen molar-refractivity contribution in [3.05, 3.63) is 51.4 Å². The highest BCUT2D eigenvalue weighted by Gasteiger charge is 2.52. The van der Waals surface area contributed by atoms with Gasteiger partial charge in [0, 0.05) is 35.0 Å². The number of likely N-dealkylation sites (tertiary alicyclic amines) is 1. The molecule has 7 aliphatic rings. The second-order valence-corrected chi connectivity index (χ2v) is 16.0. The Morgan fingerprint density at radius 2 is 1.98 bits per heavy atom. The van der Waals surface area contributed by atoms with Crippen LogP contribution in [-0.4, -0.2) is 115 Å². The molecule has 9 rings (SSSR count). The van der Waals surface area contributed by atoms with E-state index in [4.69, 9.17) is 35.5 Å². The topological polar surface area (TPSA) is 129 Å². The number of β-amino-alcohol motifs (C(OH)–C–C–N with tert-alkyl or cyclic N) is 1. The number of piperidine rings is 1. The Kier molecular flexibility index (Phi) is 8.32. The molecule has 14 heteroatoms. The summed E-state index contributed by atoms with van der Waals surface area (Å²) < 4.78 is 41.6. The molecule has 2 aliphatic carbocycles. The number of hydrogen-bond donors (Lipinski definition) is 4. The first kappa shape index (κ1) is 32.9. The molecule has 6 heterocycles. The molecule has 0 radical (unpaired) electrons. The number of fused-ring (bicyclic) bond motifs is 3. The zero-order valence-electron chi connectivity index (χ0n) is 28.8. The van der Waals surface area contributed by atoms with Crippen LogP contribution in [-0.2, 0) is 18.9 Å². The highest BCUT2D eigenvalue weighted by molar-refractivity contribution is 6.32. The molecule has 12 nitrogen and oxygen atoms in total. The predicted molar refractivity (Wildman–Crippen MR) is 185 cm³/mol. The van der Waals surface area contributed by atoms with Crippen LogP contribution in [0.25, 0.3) is 10.9 Å². The van der Waals surface area contributed by atoms with Gasteiger partial charge in [-0.1, -0.05) is 18.0 Å². The van der Waals surface area contributed by atoms with E-state index in [1.807, 2.05) is 11.0 Å². The van der Waals surface area contributed by atoms with E-state index in [2.05, 4.69) is 25.7 Å². The van der Waals surface area contributed by atoms with Crippen LogP contribution in [0.15, 0.2) is 40.2 Å². The van der Waals surface area contributed by atoms with Crippen LogP contribution in [0.4, 0.5) is 4.39 Å². The lowest BCUT2D eigenvalue weighted by atomic mass is 9.75. The summed E-state index contributed by atoms with van der Waals surface area (Å²) in [5.74, 6) is 0.242. The van der Waals surface area contributed by atoms with Gasteiger partial charge in [-0.25, -0.2) is 9.38 Å². The molecule has 0 amide bonds. The minimum absolute atomic E-state index is 0.00210. The summed E-state index contributed by atoms with van der Waals surface area (Å²) in [6, 6.07) is 2.17. The zero-order valence-corrected chi connectivity index (χ0v) is 29.5. The van der Waals surface area contributed by atoms with Crippen LogP contribution in [0.5, 0.6) is 0 Å². The summed E-state index contributed by atoms with van der Waals surface area (Å²) in [4.78, 5) is 9.80. The first-order valence-corrected chi connectivity index (χ1v) is 18.6. The van der Waals surface area contributed by atoms with Gasteiger partial charge in [0.2, 0.25) is 0 Å². The van der Waals surface area contributed by atoms with Crippen LogP contribution in [0.3, 0.4) is 0 Å². The van der Waals surface area contributed by atoms with E-state index >= 15 is 4.39 Å². The molecule has 0 bridgehead atoms. The van der Waals surface area contributed by atoms with E-state index in [0.29, 0.717) is 48.3 Å². The lowest BCUT2D eigenvalue weighted by Crippen LogP contribution is -2.60. The maximum Gasteiger partial charge on any atom is 0.291 e. The fourth-order valence-electron chi connectivity index (χ4n) is 9.50. The largest absolute Gasteiger partial charge is 0.482 e. The molecule has 5 aliphatic heterocycles. The highest BCUT2D eigenvalue weighted by atomic mass is 35.5. The number of benzene rings is 1. The quantitative estimate of drug-likeness (QED) is 0.332. The van der Waals surface area contributed by atoms with Gasteiger partial charge in [0.05, 0.1) is 74.8 Å². The number of amidine groups is 1. The summed E-state index contributed by atoms with van der Waals surface area (Å²) in [5, 5.41) is 26.6. The highest BCUT2D eigenvalue weighted by Crippen LogP contribution is 2.52. The lowest BCUT2D eigenvalue weighted by molar-refractivity contribution is -0.116. The number of H-pyrrole nitrogens is 1. The number of aromatic nitrogens is 2. The van der Waals surface area contributed by atoms with Crippen molar-refractivity contribution in [1.82, 2.24) is 30.6 Å². The maximum atomic E-state index is 17.5. The summed E-state index contributed by atoms with van der Waals surface area (Å²) in [6.45, 7) is 6.28. The molecule has 4 N–H and O–H groups in total. The third-order valence-corrected chi connectivity index (χ3v) is 12.3. The van der Waals surface area contributed by atoms with Crippen molar-refractivity contribution in [2.24, 2.45) is 10.4 Å². The maximum absolute atomic E-state index is 17.5. The molecule has 3 saturated heterocycles. The molecule has 50 heavy (non-hydrogen) atoms. The molecule has 1 aromatic heterocycles. The summed E-state index contributed by atoms with van der Waals surface area (Å²) in [7, 11) is 1.58. The van der Waals surface area contributed by atoms with Crippen molar-refractivity contribution in [3.63, 3.8) is 0 Å². The van der Waals surface area contributed by atoms with Crippen molar-refractivity contribution in [1.29, 1.82) is 0 Å². The number of rotatable bonds is 7. The average molecular weight is 712 g/mol. The molecular formula is C36H47ClFN7O5. The van der Waals surface area contributed by atoms with Crippen molar-refractivity contribution in [3.8, 4) is 0 Å². The third-order valence-electron chi connectivity index (χ3n) is 12.0. The van der Waals surface area contributed by atoms with Crippen LogP contribution in [0.2, 0.25) is 5.02 Å². The number of aliphatic hydroxyl groups is 1. The zero-order chi connectivity index (χ0) is 34.2. The second-order valence-electron chi connectivity index (χ2n) is 15.6. The van der Waals surface area contributed by atoms with Crippen LogP contribution in [0.1, 0.15) is 75.0 Å². The number of aliphatic imine (C=N–C) groups is 1. The van der Waals surface area contributed by atoms with Crippen LogP contribution >= 0.6 is 11.6 Å². The van der Waals surface area contributed by atoms with Gasteiger partial charge in [-0.15, -0.1) is 0 Å². The van der Waals surface area contributed by atoms with Gasteiger partial charge in [0.25, 0.3) is 6.02 Å². The molecule has 2 saturated carbocycles. The lowest BCUT2D eigenvalue weighted by Gasteiger charge is -2.51. The molecule has 270 valence electrons. The summed E-state index contributed by atoms with van der Waals surface area (Å²) >= 11 is 6.90. The van der Waals surface area contributed by atoms with Gasteiger partial charge >= 0.3 is 0 Å². The van der Waals surface area contributed by atoms with Crippen LogP contribution < -0.4 is 10.6 Å². The van der Waals surface area contributed by atoms with E-state index in [1.54, 1.807) is 20.2 Å². The number of halogens is 2. The number of nitrogens with zero attached hydrogens (tertiary/aromatic N) is 4. The smallest absolute Gasteiger partial charge is 0.291 e. The van der Waals surface area contributed by atoms with Crippen molar-refractivity contribution in [2.75, 3.05) is 59.8 Å². The Bertz CT molecular complexity index is 1750. The van der Waals surface area contributed by atoms with Gasteiger partial charge in [0.1, 0.15) is 12.2 Å². The Balaban J connectivity index is 1.11. The molecule has 5 fully saturated rings. The Hall–Kier alpha value is -2.94. The predicted octanol–water partition coefficient (Wildman–Crippen LogP) is 4.20. The van der Waals surface area contributed by atoms with Gasteiger partial charge in [-0.05, 0) is 75.1 Å². The third kappa shape index (κ3) is 5.59. The SMILES string of the molecule is COC1=C2C(=C(F)C(c3c(C4CC4)c(Cl)cc4[nH]ncc34)N1)NC(OC[C@]13CCCC1N(C1COC1)CCC3)=NC2N1CCOC[C@@](C)(O)C1. The number of aromatic amines is 1. The first-order valence-electron chi connectivity index (χ1n) is 18.2. The van der Waals surface area contributed by atoms with Crippen molar-refractivity contribution in [2.45, 2.75) is 87.7 Å². The minimum atomic E-state index is -1.13. The average Bonchev–Trinajstić information content (AvgIpc) is 3.69. The Labute approximate surface area is 296 Å². The van der Waals surface area contributed by atoms with Crippen molar-refractivity contribution < 1.29 is 28.4 Å². The summed E-state index contributed by atoms with van der Waals surface area (Å²) in [6.07, 6.45) is 8.63. The van der Waals surface area contributed by atoms with E-state index < -0.39 is 23.6 Å². The fourth-order valence-corrected chi connectivity index (χ4v) is 9.86. The number of hydrogen-bond acceptors (Lipinski definition) is 11. The molecule has 3 unspecified atom stereocenters. The monoisotopic (exact) mass is 711 g/mol. The van der Waals surface area contributed by atoms with E-state index in [0.717, 1.165) is 86.7 Å². The molecule has 2 aromatic rings. The number of ether oxygens (including phenoxy) is 4. The Morgan fingerprint density at radius 3 is 2.76 bits per heavy atom. The van der Waals surface area contributed by atoms with Gasteiger partial charge < -0.3 is 34.7 Å². The fraction of sp³-hybridized carbons (Fsp3) is 0.667. The normalized spacial score (nSPS) is 34.0. The first-order chi connectivity index (χ1) is 24.2. The summed E-state index contributed by atoms with van der Waals surface area (Å²) in [5.41, 5.74) is 2.10. The number of dihydropyridines is 1. The standard InChI is InChI=1S/C36H47ClFN7O5/c1-35(46)17-44(11-12-48-18-35)32-28-31(41-34(42-32)50-19-36-8-3-5-25(36)45(10-4-9-36)21-15-49-16-21)29(38)30(40-33(28)47-2)27-22-14-39-43-24(22)13-23(37)26(27)20-6-7-20/h13-14,20-21,25,30,32,40,46H,3-12,15-19H2,1-2H3,(H,39,43)(H,41,42)/t25?,30?,32?,35-,36+/m0/s1. The molecule has 5 atom stereocenters. The number of nitrogens with one attached hydrogen (secondary N) is 3. The van der Waals surface area contributed by atoms with Gasteiger partial charge in [-0.3, -0.25) is 14.9 Å². The molecule has 1 aromatic carbocycles. The van der Waals surface area contributed by atoms with Gasteiger partial charge in [0.15, 0.2) is 11.7 Å². The van der Waals surface area contributed by atoms with Gasteiger partial charge in [-0.2, -0.15) is 5.10 Å². The minimum Gasteiger partial charge on any atom is -0.482 e. The van der Waals surface area contributed by atoms with E-state index in [-0.39, 0.29) is 36.2 Å². The Morgan fingerprint density at radius 1 is 1.14 bits per heavy atom. The van der Waals surface area contributed by atoms with Crippen molar-refractivity contribution >= 4 is 28.5 Å².